The molecule has 1 atom stereocenters. The van der Waals surface area contributed by atoms with Crippen LogP contribution in [0.25, 0.3) is 0 Å². The van der Waals surface area contributed by atoms with Gasteiger partial charge in [0.15, 0.2) is 0 Å². The Morgan fingerprint density at radius 1 is 1.57 bits per heavy atom. The fourth-order valence-electron chi connectivity index (χ4n) is 1.04. The minimum absolute atomic E-state index is 0.315. The third-order valence-corrected chi connectivity index (χ3v) is 1.85. The third kappa shape index (κ3) is 2.07. The second kappa shape index (κ2) is 4.17. The topological polar surface area (TPSA) is 83.5 Å². The molecular weight excluding hydrogens is 189 g/mol. The lowest BCUT2D eigenvalue weighted by atomic mass is 10.0. The number of hydrogen-bond donors (Lipinski definition) is 3. The molecule has 0 aliphatic rings. The van der Waals surface area contributed by atoms with Gasteiger partial charge < -0.3 is 15.9 Å². The van der Waals surface area contributed by atoms with Gasteiger partial charge in [-0.3, -0.25) is 0 Å². The standard InChI is InChI=1S/C9H10FNO3/c10-7-2-1-5(8(11)4-12)3-6(7)9(13)14/h1-3,8,12H,4,11H2,(H,13,14). The molecule has 4 nitrogen and oxygen atoms in total. The summed E-state index contributed by atoms with van der Waals surface area (Å²) in [7, 11) is 0. The van der Waals surface area contributed by atoms with Crippen LogP contribution in [0.1, 0.15) is 22.0 Å². The van der Waals surface area contributed by atoms with Gasteiger partial charge in [-0.05, 0) is 17.7 Å². The van der Waals surface area contributed by atoms with Gasteiger partial charge in [0, 0.05) is 0 Å². The molecule has 0 saturated heterocycles. The van der Waals surface area contributed by atoms with Gasteiger partial charge in [0.1, 0.15) is 5.82 Å². The maximum atomic E-state index is 12.9. The fraction of sp³-hybridized carbons (Fsp3) is 0.222. The number of aliphatic hydroxyl groups is 1. The number of carboxylic acids is 1. The zero-order valence-corrected chi connectivity index (χ0v) is 7.27. The zero-order valence-electron chi connectivity index (χ0n) is 7.27. The van der Waals surface area contributed by atoms with E-state index in [2.05, 4.69) is 0 Å². The third-order valence-electron chi connectivity index (χ3n) is 1.85. The highest BCUT2D eigenvalue weighted by molar-refractivity contribution is 5.88. The number of carboxylic acid groups (broad SMARTS) is 1. The van der Waals surface area contributed by atoms with Crippen LogP contribution in [-0.2, 0) is 0 Å². The van der Waals surface area contributed by atoms with Crippen LogP contribution in [0.3, 0.4) is 0 Å². The molecule has 0 saturated carbocycles. The van der Waals surface area contributed by atoms with Crippen LogP contribution in [0.5, 0.6) is 0 Å². The second-order valence-corrected chi connectivity index (χ2v) is 2.83. The van der Waals surface area contributed by atoms with Gasteiger partial charge >= 0.3 is 5.97 Å². The number of aromatic carboxylic acids is 1. The van der Waals surface area contributed by atoms with E-state index in [1.54, 1.807) is 0 Å². The van der Waals surface area contributed by atoms with E-state index >= 15 is 0 Å². The van der Waals surface area contributed by atoms with E-state index in [9.17, 15) is 9.18 Å². The lowest BCUT2D eigenvalue weighted by Crippen LogP contribution is -2.15. The lowest BCUT2D eigenvalue weighted by molar-refractivity contribution is 0.0691. The van der Waals surface area contributed by atoms with Gasteiger partial charge in [-0.2, -0.15) is 0 Å². The van der Waals surface area contributed by atoms with Crippen molar-refractivity contribution in [2.24, 2.45) is 5.73 Å². The summed E-state index contributed by atoms with van der Waals surface area (Å²) in [5.74, 6) is -2.17. The molecule has 0 bridgehead atoms. The summed E-state index contributed by atoms with van der Waals surface area (Å²) in [6.07, 6.45) is 0. The number of halogens is 1. The molecule has 0 spiro atoms. The van der Waals surface area contributed by atoms with Gasteiger partial charge in [0.2, 0.25) is 0 Å². The first kappa shape index (κ1) is 10.6. The van der Waals surface area contributed by atoms with Gasteiger partial charge in [-0.15, -0.1) is 0 Å². The summed E-state index contributed by atoms with van der Waals surface area (Å²) in [6, 6.07) is 2.81. The lowest BCUT2D eigenvalue weighted by Gasteiger charge is -2.09. The molecule has 0 radical (unpaired) electrons. The summed E-state index contributed by atoms with van der Waals surface area (Å²) in [4.78, 5) is 10.5. The van der Waals surface area contributed by atoms with Crippen molar-refractivity contribution in [2.75, 3.05) is 6.61 Å². The Kier molecular flexibility index (Phi) is 3.16. The predicted molar refractivity (Wildman–Crippen MR) is 47.4 cm³/mol. The summed E-state index contributed by atoms with van der Waals surface area (Å²) in [5, 5.41) is 17.3. The molecule has 0 amide bonds. The average molecular weight is 199 g/mol. The number of aliphatic hydroxyl groups excluding tert-OH is 1. The summed E-state index contributed by atoms with van der Waals surface area (Å²) < 4.78 is 12.9. The van der Waals surface area contributed by atoms with Gasteiger partial charge in [0.05, 0.1) is 18.2 Å². The van der Waals surface area contributed by atoms with Gasteiger partial charge in [0.25, 0.3) is 0 Å². The van der Waals surface area contributed by atoms with Crippen molar-refractivity contribution in [1.82, 2.24) is 0 Å². The maximum Gasteiger partial charge on any atom is 0.338 e. The SMILES string of the molecule is NC(CO)c1ccc(F)c(C(=O)O)c1. The van der Waals surface area contributed by atoms with Crippen LogP contribution in [0.4, 0.5) is 4.39 Å². The molecular formula is C9H10FNO3. The van der Waals surface area contributed by atoms with Crippen molar-refractivity contribution in [2.45, 2.75) is 6.04 Å². The Labute approximate surface area is 79.8 Å². The zero-order chi connectivity index (χ0) is 10.7. The molecule has 1 rings (SSSR count). The van der Waals surface area contributed by atoms with Crippen LogP contribution in [-0.4, -0.2) is 22.8 Å². The number of benzene rings is 1. The molecule has 1 unspecified atom stereocenters. The summed E-state index contributed by atoms with van der Waals surface area (Å²) in [5.41, 5.74) is 5.40. The summed E-state index contributed by atoms with van der Waals surface area (Å²) >= 11 is 0. The number of carbonyl (C=O) groups is 1. The van der Waals surface area contributed by atoms with Crippen molar-refractivity contribution in [1.29, 1.82) is 0 Å². The van der Waals surface area contributed by atoms with E-state index in [-0.39, 0.29) is 6.61 Å². The highest BCUT2D eigenvalue weighted by Crippen LogP contribution is 2.15. The molecule has 1 aromatic carbocycles. The molecule has 5 heteroatoms. The number of nitrogens with two attached hydrogens (primary N) is 1. The van der Waals surface area contributed by atoms with Crippen LogP contribution < -0.4 is 5.73 Å². The van der Waals surface area contributed by atoms with Crippen molar-refractivity contribution < 1.29 is 19.4 Å². The van der Waals surface area contributed by atoms with Crippen molar-refractivity contribution >= 4 is 5.97 Å². The summed E-state index contributed by atoms with van der Waals surface area (Å²) in [6.45, 7) is -0.315. The number of hydrogen-bond acceptors (Lipinski definition) is 3. The van der Waals surface area contributed by atoms with E-state index < -0.39 is 23.4 Å². The Hall–Kier alpha value is -1.46. The van der Waals surface area contributed by atoms with Crippen molar-refractivity contribution in [3.8, 4) is 0 Å². The first-order chi connectivity index (χ1) is 6.56. The maximum absolute atomic E-state index is 12.9. The average Bonchev–Trinajstić information content (AvgIpc) is 2.17. The van der Waals surface area contributed by atoms with Crippen LogP contribution in [0.15, 0.2) is 18.2 Å². The largest absolute Gasteiger partial charge is 0.478 e. The van der Waals surface area contributed by atoms with Crippen molar-refractivity contribution in [3.63, 3.8) is 0 Å². The molecule has 76 valence electrons. The molecule has 14 heavy (non-hydrogen) atoms. The van der Waals surface area contributed by atoms with Crippen LogP contribution in [0, 0.1) is 5.82 Å². The number of rotatable bonds is 3. The van der Waals surface area contributed by atoms with E-state index in [0.29, 0.717) is 5.56 Å². The predicted octanol–water partition coefficient (Wildman–Crippen LogP) is 0.516. The smallest absolute Gasteiger partial charge is 0.338 e. The Balaban J connectivity index is 3.12. The van der Waals surface area contributed by atoms with E-state index in [1.165, 1.54) is 6.07 Å². The minimum atomic E-state index is -1.35. The Morgan fingerprint density at radius 3 is 2.71 bits per heavy atom. The second-order valence-electron chi connectivity index (χ2n) is 2.83. The molecule has 0 aromatic heterocycles. The normalized spacial score (nSPS) is 12.5. The van der Waals surface area contributed by atoms with E-state index in [0.717, 1.165) is 12.1 Å². The van der Waals surface area contributed by atoms with Crippen molar-refractivity contribution in [3.05, 3.63) is 35.1 Å². The first-order valence-corrected chi connectivity index (χ1v) is 3.95. The molecule has 0 aliphatic carbocycles. The molecule has 1 aromatic rings. The van der Waals surface area contributed by atoms with Gasteiger partial charge in [-0.25, -0.2) is 9.18 Å². The highest BCUT2D eigenvalue weighted by Gasteiger charge is 2.13. The Bertz CT molecular complexity index is 354. The Morgan fingerprint density at radius 2 is 2.21 bits per heavy atom. The van der Waals surface area contributed by atoms with Crippen LogP contribution in [0.2, 0.25) is 0 Å². The first-order valence-electron chi connectivity index (χ1n) is 3.95. The molecule has 0 aliphatic heterocycles. The minimum Gasteiger partial charge on any atom is -0.478 e. The quantitative estimate of drug-likeness (QED) is 0.662. The molecule has 0 fully saturated rings. The van der Waals surface area contributed by atoms with E-state index in [1.807, 2.05) is 0 Å². The molecule has 4 N–H and O–H groups in total. The highest BCUT2D eigenvalue weighted by atomic mass is 19.1. The van der Waals surface area contributed by atoms with Crippen LogP contribution >= 0.6 is 0 Å². The monoisotopic (exact) mass is 199 g/mol. The van der Waals surface area contributed by atoms with Gasteiger partial charge in [-0.1, -0.05) is 6.07 Å². The molecule has 0 heterocycles. The fourth-order valence-corrected chi connectivity index (χ4v) is 1.04. The van der Waals surface area contributed by atoms with E-state index in [4.69, 9.17) is 15.9 Å².